The number of imide groups is 2. The van der Waals surface area contributed by atoms with Crippen LogP contribution in [0.3, 0.4) is 0 Å². The second kappa shape index (κ2) is 45.1. The van der Waals surface area contributed by atoms with Gasteiger partial charge in [-0.05, 0) is 161 Å². The van der Waals surface area contributed by atoms with Gasteiger partial charge >= 0.3 is 5.97 Å². The highest BCUT2D eigenvalue weighted by molar-refractivity contribution is 6.26. The van der Waals surface area contributed by atoms with Gasteiger partial charge in [0.2, 0.25) is 17.7 Å². The molecular formula is C98H118N20O15. The number of hydrogen-bond acceptors (Lipinski definition) is 27. The van der Waals surface area contributed by atoms with Crippen molar-refractivity contribution in [2.45, 2.75) is 113 Å². The van der Waals surface area contributed by atoms with E-state index >= 15 is 0 Å². The van der Waals surface area contributed by atoms with E-state index in [4.69, 9.17) is 60.7 Å². The maximum absolute atomic E-state index is 13.3. The molecule has 35 nitrogen and oxygen atoms in total. The number of fused-ring (bicyclic) bond motifs is 4. The number of para-hydroxylation sites is 2. The number of nitrogens with zero attached hydrogens (tertiary/aromatic N) is 12. The molecule has 8 aliphatic rings. The highest BCUT2D eigenvalue weighted by Crippen LogP contribution is 2.44. The summed E-state index contributed by atoms with van der Waals surface area (Å²) in [5.74, 6) is 0.0463. The third-order valence-corrected chi connectivity index (χ3v) is 26.1. The second-order valence-electron chi connectivity index (χ2n) is 34.4. The summed E-state index contributed by atoms with van der Waals surface area (Å²) in [6.45, 7) is 16.4. The summed E-state index contributed by atoms with van der Waals surface area (Å²) in [4.78, 5) is 130. The minimum absolute atomic E-state index is 0.0935. The van der Waals surface area contributed by atoms with Gasteiger partial charge in [0.05, 0.1) is 92.4 Å². The predicted octanol–water partition coefficient (Wildman–Crippen LogP) is 9.33. The quantitative estimate of drug-likeness (QED) is 0.0132. The second-order valence-corrected chi connectivity index (χ2v) is 34.4. The molecule has 2 saturated carbocycles. The standard InChI is InChI=1S/C49H58N10O7.C34H45N7O3.C15H15N3O5/c50-45-44-39(33-11-17-37(18-12-33)66-36-6-2-1-3-7-36)31-58(46(44)55-32-54-45)35-15-13-34(14-16-35)57-23-21-56(22-24-57)25-27-65-29-28-64-26-20-51-42(60)30-53-40-9-4-8-38-43(40)49(63)59(48(38)62)41-10-5-19-52-47(41)61;35-14-20-42-22-23-43-21-19-39-15-17-40(18-16-39)27-8-10-28(11-9-27)41-24-31(32-33(36)37-25-38-34(32)41)26-6-12-30(13-7-26)44-29-4-2-1-3-5-29;19-11(20)7-17-9-4-1-3-8-12(9)15(23)18(14(8)22)10-5-2-6-16-13(10)21/h1-4,6-9,11-12,17-18,31-32,34-35,41,53H,5,10,13-16,19-30H2,(H,51,60)(H,52,61)(H2,50,54,55);1-7,12-13,24-25,27-28H,8-11,14-23,35H2,(H2,36,37,38);1,3-4,10,17H,2,5-7H2,(H,16,21)(H,19,20). The van der Waals surface area contributed by atoms with Crippen molar-refractivity contribution in [2.24, 2.45) is 5.73 Å². The minimum atomic E-state index is -1.08. The zero-order valence-electron chi connectivity index (χ0n) is 74.8. The highest BCUT2D eigenvalue weighted by Gasteiger charge is 2.47. The number of carbonyl (C=O) groups excluding carboxylic acids is 7. The molecule has 2 atom stereocenters. The van der Waals surface area contributed by atoms with Crippen LogP contribution < -0.4 is 53.3 Å². The fourth-order valence-corrected chi connectivity index (χ4v) is 19.2. The first-order valence-electron chi connectivity index (χ1n) is 46.4. The lowest BCUT2D eigenvalue weighted by Crippen LogP contribution is -2.52. The fraction of sp³-hybridized carbons (Fsp3) is 0.429. The van der Waals surface area contributed by atoms with Crippen molar-refractivity contribution >= 4 is 92.4 Å². The van der Waals surface area contributed by atoms with Crippen LogP contribution in [0.15, 0.2) is 171 Å². The predicted molar refractivity (Wildman–Crippen MR) is 502 cm³/mol. The Labute approximate surface area is 771 Å². The number of piperidine rings is 2. The Kier molecular flexibility index (Phi) is 31.6. The summed E-state index contributed by atoms with van der Waals surface area (Å²) in [7, 11) is 0. The molecule has 35 heteroatoms. The van der Waals surface area contributed by atoms with E-state index in [9.17, 15) is 38.4 Å². The van der Waals surface area contributed by atoms with Crippen LogP contribution in [-0.4, -0.2) is 293 Å². The van der Waals surface area contributed by atoms with E-state index in [1.54, 1.807) is 36.9 Å². The van der Waals surface area contributed by atoms with E-state index in [1.807, 2.05) is 84.9 Å². The van der Waals surface area contributed by atoms with Gasteiger partial charge in [-0.25, -0.2) is 19.9 Å². The molecule has 133 heavy (non-hydrogen) atoms. The molecule has 6 aromatic carbocycles. The molecule has 18 rings (SSSR count). The van der Waals surface area contributed by atoms with Crippen molar-refractivity contribution < 1.29 is 71.9 Å². The summed E-state index contributed by atoms with van der Waals surface area (Å²) in [6.07, 6.45) is 18.9. The third-order valence-electron chi connectivity index (χ3n) is 26.1. The highest BCUT2D eigenvalue weighted by atomic mass is 16.5. The van der Waals surface area contributed by atoms with Crippen molar-refractivity contribution in [3.8, 4) is 45.3 Å². The van der Waals surface area contributed by atoms with Gasteiger partial charge in [0.1, 0.15) is 77.2 Å². The first-order chi connectivity index (χ1) is 65.0. The minimum Gasteiger partial charge on any atom is -0.480 e. The molecule has 2 aliphatic carbocycles. The number of aliphatic carboxylic acids is 1. The first kappa shape index (κ1) is 93.4. The molecule has 2 unspecified atom stereocenters. The SMILES string of the molecule is NCCOCCOCCN1CCN(C2CCC(n3cc(-c4ccc(Oc5ccccc5)cc4)c4c(N)ncnc43)CC2)CC1.Nc1ncnc2c1c(-c1ccc(Oc3ccccc3)cc1)cn2C1CCC(N2CCN(CCOCCOCCNC(=O)CNc3cccc4c3C(=O)N(C3CCCNC3=O)C4=O)CC2)CC1.O=C(O)CNc1cccc2c1C(=O)N(C1CCCNC1=O)C2=O. The van der Waals surface area contributed by atoms with E-state index in [1.165, 1.54) is 25.0 Å². The Morgan fingerprint density at radius 3 is 1.23 bits per heavy atom. The summed E-state index contributed by atoms with van der Waals surface area (Å²) in [6, 6.07) is 45.7. The normalized spacial score (nSPS) is 20.2. The Balaban J connectivity index is 0.000000164. The molecule has 700 valence electrons. The van der Waals surface area contributed by atoms with Crippen molar-refractivity contribution in [3.05, 3.63) is 193 Å². The van der Waals surface area contributed by atoms with Crippen LogP contribution in [0.1, 0.15) is 131 Å². The number of piperazine rings is 2. The number of ether oxygens (including phenoxy) is 6. The maximum Gasteiger partial charge on any atom is 0.322 e. The summed E-state index contributed by atoms with van der Waals surface area (Å²) in [5.41, 5.74) is 25.8. The van der Waals surface area contributed by atoms with Crippen molar-refractivity contribution in [1.82, 2.24) is 74.4 Å². The number of anilines is 4. The molecule has 6 fully saturated rings. The average molecular weight is 1820 g/mol. The van der Waals surface area contributed by atoms with E-state index in [-0.39, 0.29) is 58.8 Å². The fourth-order valence-electron chi connectivity index (χ4n) is 19.2. The average Bonchev–Trinajstić information content (AvgIpc) is 1.62. The van der Waals surface area contributed by atoms with E-state index in [0.717, 1.165) is 188 Å². The molecule has 0 spiro atoms. The van der Waals surface area contributed by atoms with Crippen LogP contribution in [-0.2, 0) is 38.1 Å². The zero-order valence-corrected chi connectivity index (χ0v) is 74.8. The van der Waals surface area contributed by atoms with Gasteiger partial charge in [-0.1, -0.05) is 72.8 Å². The van der Waals surface area contributed by atoms with Crippen molar-refractivity contribution in [2.75, 3.05) is 180 Å². The summed E-state index contributed by atoms with van der Waals surface area (Å²) in [5, 5.41) is 24.4. The number of hydrogen-bond donors (Lipinski definition) is 9. The van der Waals surface area contributed by atoms with E-state index in [2.05, 4.69) is 102 Å². The van der Waals surface area contributed by atoms with Crippen molar-refractivity contribution in [1.29, 1.82) is 0 Å². The Bertz CT molecular complexity index is 5680. The third kappa shape index (κ3) is 22.7. The maximum atomic E-state index is 13.3. The lowest BCUT2D eigenvalue weighted by Gasteiger charge is -2.42. The van der Waals surface area contributed by atoms with Gasteiger partial charge in [-0.2, -0.15) is 0 Å². The number of nitrogens with one attached hydrogen (secondary N) is 5. The lowest BCUT2D eigenvalue weighted by molar-refractivity contribution is -0.135. The number of carboxylic acids is 1. The molecule has 12 N–H and O–H groups in total. The molecule has 10 aromatic rings. The summed E-state index contributed by atoms with van der Waals surface area (Å²) < 4.78 is 39.4. The van der Waals surface area contributed by atoms with E-state index in [0.29, 0.717) is 140 Å². The van der Waals surface area contributed by atoms with Gasteiger partial charge in [0, 0.05) is 151 Å². The van der Waals surface area contributed by atoms with Crippen molar-refractivity contribution in [3.63, 3.8) is 0 Å². The van der Waals surface area contributed by atoms with Crippen LogP contribution in [0.4, 0.5) is 23.0 Å². The van der Waals surface area contributed by atoms with Crippen LogP contribution in [0, 0.1) is 0 Å². The van der Waals surface area contributed by atoms with Crippen LogP contribution >= 0.6 is 0 Å². The lowest BCUT2D eigenvalue weighted by atomic mass is 9.89. The van der Waals surface area contributed by atoms with Gasteiger partial charge in [0.25, 0.3) is 23.6 Å². The Morgan fingerprint density at radius 2 is 0.820 bits per heavy atom. The Morgan fingerprint density at radius 1 is 0.421 bits per heavy atom. The molecule has 6 aliphatic heterocycles. The molecule has 10 heterocycles. The number of nitrogen functional groups attached to an aromatic ring is 2. The number of aromatic nitrogens is 6. The number of carboxylic acid groups (broad SMARTS) is 1. The number of carbonyl (C=O) groups is 8. The largest absolute Gasteiger partial charge is 0.480 e. The number of amides is 7. The van der Waals surface area contributed by atoms with Crippen LogP contribution in [0.5, 0.6) is 23.0 Å². The van der Waals surface area contributed by atoms with Gasteiger partial charge < -0.3 is 86.4 Å². The van der Waals surface area contributed by atoms with Gasteiger partial charge in [-0.15, -0.1) is 0 Å². The number of benzene rings is 6. The van der Waals surface area contributed by atoms with Gasteiger partial charge in [0.15, 0.2) is 0 Å². The Hall–Kier alpha value is -12.8. The number of nitrogens with two attached hydrogens (primary N) is 3. The molecule has 4 aromatic heterocycles. The van der Waals surface area contributed by atoms with Crippen LogP contribution in [0.25, 0.3) is 44.3 Å². The summed E-state index contributed by atoms with van der Waals surface area (Å²) >= 11 is 0. The molecular weight excluding hydrogens is 1700 g/mol. The van der Waals surface area contributed by atoms with E-state index < -0.39 is 41.7 Å². The molecule has 0 bridgehead atoms. The van der Waals surface area contributed by atoms with Crippen LogP contribution in [0.2, 0.25) is 0 Å². The molecule has 7 amide bonds. The molecule has 4 saturated heterocycles. The zero-order chi connectivity index (χ0) is 92.1. The first-order valence-corrected chi connectivity index (χ1v) is 46.4. The smallest absolute Gasteiger partial charge is 0.322 e. The monoisotopic (exact) mass is 1810 g/mol. The number of rotatable bonds is 35. The topological polar surface area (TPSA) is 431 Å². The molecule has 0 radical (unpaired) electrons. The van der Waals surface area contributed by atoms with Gasteiger partial charge in [-0.3, -0.25) is 67.8 Å².